The summed E-state index contributed by atoms with van der Waals surface area (Å²) in [4.78, 5) is 11.9. The van der Waals surface area contributed by atoms with E-state index in [0.717, 1.165) is 10.7 Å². The molecular weight excluding hydrogens is 318 g/mol. The van der Waals surface area contributed by atoms with Gasteiger partial charge in [-0.25, -0.2) is 0 Å². The van der Waals surface area contributed by atoms with Crippen LogP contribution >= 0.6 is 27.5 Å². The standard InChI is InChI=1S/C13H9BrClNO2/c14-12-4-2-8(18-12)6-10-9-5-7(15)1-3-11(9)16-13(10)17/h1-4,6,9H,5H2,(H,16,17). The minimum atomic E-state index is -0.0847. The zero-order chi connectivity index (χ0) is 12.7. The van der Waals surface area contributed by atoms with E-state index in [4.69, 9.17) is 16.0 Å². The Hall–Kier alpha value is -1.26. The summed E-state index contributed by atoms with van der Waals surface area (Å²) in [7, 11) is 0. The second-order valence-corrected chi connectivity index (χ2v) is 5.45. The summed E-state index contributed by atoms with van der Waals surface area (Å²) >= 11 is 9.26. The van der Waals surface area contributed by atoms with Crippen LogP contribution in [0.1, 0.15) is 12.2 Å². The average molecular weight is 327 g/mol. The number of furan rings is 1. The van der Waals surface area contributed by atoms with Gasteiger partial charge in [0.05, 0.1) is 0 Å². The SMILES string of the molecule is O=C1NC2=CC=C(Cl)CC2C1=Cc1ccc(Br)o1. The predicted molar refractivity (Wildman–Crippen MR) is 72.7 cm³/mol. The first-order valence-corrected chi connectivity index (χ1v) is 6.65. The Morgan fingerprint density at radius 1 is 1.44 bits per heavy atom. The van der Waals surface area contributed by atoms with Gasteiger partial charge in [0.15, 0.2) is 4.67 Å². The van der Waals surface area contributed by atoms with E-state index in [1.54, 1.807) is 12.1 Å². The third kappa shape index (κ3) is 2.06. The topological polar surface area (TPSA) is 42.2 Å². The first kappa shape index (κ1) is 11.8. The van der Waals surface area contributed by atoms with E-state index in [0.29, 0.717) is 22.4 Å². The van der Waals surface area contributed by atoms with Crippen LogP contribution in [-0.4, -0.2) is 5.91 Å². The molecule has 0 aromatic carbocycles. The average Bonchev–Trinajstić information content (AvgIpc) is 2.86. The van der Waals surface area contributed by atoms with Crippen molar-refractivity contribution in [1.82, 2.24) is 5.32 Å². The molecule has 3 rings (SSSR count). The molecule has 2 heterocycles. The van der Waals surface area contributed by atoms with Gasteiger partial charge >= 0.3 is 0 Å². The predicted octanol–water partition coefficient (Wildman–Crippen LogP) is 3.58. The van der Waals surface area contributed by atoms with Crippen molar-refractivity contribution in [2.45, 2.75) is 6.42 Å². The molecule has 92 valence electrons. The number of carbonyl (C=O) groups is 1. The van der Waals surface area contributed by atoms with Gasteiger partial charge in [0.1, 0.15) is 5.76 Å². The van der Waals surface area contributed by atoms with Crippen LogP contribution in [0.5, 0.6) is 0 Å². The second-order valence-electron chi connectivity index (χ2n) is 4.19. The van der Waals surface area contributed by atoms with Gasteiger partial charge in [0.25, 0.3) is 5.91 Å². The number of amides is 1. The van der Waals surface area contributed by atoms with Crippen LogP contribution < -0.4 is 5.32 Å². The Morgan fingerprint density at radius 2 is 2.28 bits per heavy atom. The molecule has 1 atom stereocenters. The minimum Gasteiger partial charge on any atom is -0.450 e. The molecule has 1 fully saturated rings. The molecule has 1 aliphatic heterocycles. The van der Waals surface area contributed by atoms with E-state index in [9.17, 15) is 4.79 Å². The van der Waals surface area contributed by atoms with Gasteiger partial charge in [-0.3, -0.25) is 4.79 Å². The summed E-state index contributed by atoms with van der Waals surface area (Å²) in [5.74, 6) is 0.580. The Kier molecular flexibility index (Phi) is 2.92. The van der Waals surface area contributed by atoms with E-state index >= 15 is 0 Å². The summed E-state index contributed by atoms with van der Waals surface area (Å²) in [6, 6.07) is 3.61. The van der Waals surface area contributed by atoms with Crippen LogP contribution in [0.3, 0.4) is 0 Å². The molecule has 0 bridgehead atoms. The van der Waals surface area contributed by atoms with Crippen molar-refractivity contribution in [3.63, 3.8) is 0 Å². The van der Waals surface area contributed by atoms with Crippen molar-refractivity contribution >= 4 is 39.5 Å². The van der Waals surface area contributed by atoms with E-state index in [-0.39, 0.29) is 11.8 Å². The van der Waals surface area contributed by atoms with Gasteiger partial charge in [-0.15, -0.1) is 0 Å². The van der Waals surface area contributed by atoms with Crippen LogP contribution in [0, 0.1) is 5.92 Å². The van der Waals surface area contributed by atoms with Gasteiger partial charge in [0.2, 0.25) is 0 Å². The molecule has 3 nitrogen and oxygen atoms in total. The monoisotopic (exact) mass is 325 g/mol. The lowest BCUT2D eigenvalue weighted by Gasteiger charge is -2.14. The van der Waals surface area contributed by atoms with Crippen LogP contribution in [0.4, 0.5) is 0 Å². The molecule has 1 aromatic rings. The lowest BCUT2D eigenvalue weighted by atomic mass is 9.92. The summed E-state index contributed by atoms with van der Waals surface area (Å²) < 4.78 is 6.04. The highest BCUT2D eigenvalue weighted by Crippen LogP contribution is 2.37. The summed E-state index contributed by atoms with van der Waals surface area (Å²) in [6.45, 7) is 0. The Morgan fingerprint density at radius 3 is 3.00 bits per heavy atom. The zero-order valence-electron chi connectivity index (χ0n) is 9.24. The molecule has 1 aromatic heterocycles. The molecule has 1 N–H and O–H groups in total. The fourth-order valence-corrected chi connectivity index (χ4v) is 2.70. The van der Waals surface area contributed by atoms with E-state index in [1.807, 2.05) is 18.2 Å². The fourth-order valence-electron chi connectivity index (χ4n) is 2.16. The van der Waals surface area contributed by atoms with Crippen molar-refractivity contribution in [2.24, 2.45) is 5.92 Å². The smallest absolute Gasteiger partial charge is 0.252 e. The highest BCUT2D eigenvalue weighted by molar-refractivity contribution is 9.10. The van der Waals surface area contributed by atoms with Gasteiger partial charge in [0, 0.05) is 22.2 Å². The Bertz CT molecular complexity index is 612. The van der Waals surface area contributed by atoms with Crippen LogP contribution in [0.25, 0.3) is 6.08 Å². The van der Waals surface area contributed by atoms with Crippen molar-refractivity contribution in [1.29, 1.82) is 0 Å². The molecule has 5 heteroatoms. The largest absolute Gasteiger partial charge is 0.450 e. The summed E-state index contributed by atoms with van der Waals surface area (Å²) in [5, 5.41) is 3.61. The molecular formula is C13H9BrClNO2. The fraction of sp³-hybridized carbons (Fsp3) is 0.154. The Labute approximate surface area is 117 Å². The quantitative estimate of drug-likeness (QED) is 0.802. The van der Waals surface area contributed by atoms with Gasteiger partial charge in [-0.1, -0.05) is 11.6 Å². The minimum absolute atomic E-state index is 0.0128. The normalized spacial score (nSPS) is 24.7. The lowest BCUT2D eigenvalue weighted by Crippen LogP contribution is -2.13. The summed E-state index contributed by atoms with van der Waals surface area (Å²) in [5.41, 5.74) is 1.59. The summed E-state index contributed by atoms with van der Waals surface area (Å²) in [6.07, 6.45) is 6.09. The zero-order valence-corrected chi connectivity index (χ0v) is 11.6. The van der Waals surface area contributed by atoms with Gasteiger partial charge < -0.3 is 9.73 Å². The lowest BCUT2D eigenvalue weighted by molar-refractivity contribution is -0.115. The maximum Gasteiger partial charge on any atom is 0.252 e. The third-order valence-electron chi connectivity index (χ3n) is 3.01. The molecule has 0 spiro atoms. The van der Waals surface area contributed by atoms with Crippen LogP contribution in [-0.2, 0) is 4.79 Å². The molecule has 1 aliphatic carbocycles. The number of halogens is 2. The first-order chi connectivity index (χ1) is 8.63. The van der Waals surface area contributed by atoms with Crippen LogP contribution in [0.15, 0.2) is 49.7 Å². The van der Waals surface area contributed by atoms with E-state index in [1.165, 1.54) is 0 Å². The van der Waals surface area contributed by atoms with Crippen molar-refractivity contribution < 1.29 is 9.21 Å². The maximum atomic E-state index is 11.9. The maximum absolute atomic E-state index is 11.9. The molecule has 18 heavy (non-hydrogen) atoms. The molecule has 1 unspecified atom stereocenters. The van der Waals surface area contributed by atoms with Crippen LogP contribution in [0.2, 0.25) is 0 Å². The first-order valence-electron chi connectivity index (χ1n) is 5.48. The number of hydrogen-bond donors (Lipinski definition) is 1. The number of hydrogen-bond acceptors (Lipinski definition) is 2. The Balaban J connectivity index is 1.97. The van der Waals surface area contributed by atoms with Crippen molar-refractivity contribution in [3.05, 3.63) is 51.0 Å². The highest BCUT2D eigenvalue weighted by Gasteiger charge is 2.34. The molecule has 0 saturated carbocycles. The molecule has 1 saturated heterocycles. The van der Waals surface area contributed by atoms with E-state index < -0.39 is 0 Å². The van der Waals surface area contributed by atoms with E-state index in [2.05, 4.69) is 21.2 Å². The van der Waals surface area contributed by atoms with Crippen molar-refractivity contribution in [2.75, 3.05) is 0 Å². The number of carbonyl (C=O) groups excluding carboxylic acids is 1. The number of allylic oxidation sites excluding steroid dienone is 4. The second kappa shape index (κ2) is 4.44. The van der Waals surface area contributed by atoms with Gasteiger partial charge in [-0.05, 0) is 52.7 Å². The van der Waals surface area contributed by atoms with Crippen molar-refractivity contribution in [3.8, 4) is 0 Å². The number of fused-ring (bicyclic) bond motifs is 1. The number of nitrogens with one attached hydrogen (secondary N) is 1. The highest BCUT2D eigenvalue weighted by atomic mass is 79.9. The number of rotatable bonds is 1. The molecule has 0 radical (unpaired) electrons. The third-order valence-corrected chi connectivity index (χ3v) is 3.71. The van der Waals surface area contributed by atoms with Gasteiger partial charge in [-0.2, -0.15) is 0 Å². The molecule has 2 aliphatic rings. The molecule has 1 amide bonds.